The third-order valence-corrected chi connectivity index (χ3v) is 2.66. The minimum atomic E-state index is -0.527. The number of phenolic OH excluding ortho intramolecular Hbond substituents is 1. The second-order valence-corrected chi connectivity index (χ2v) is 4.46. The van der Waals surface area contributed by atoms with Crippen LogP contribution in [0.25, 0.3) is 0 Å². The first-order valence-electron chi connectivity index (χ1n) is 3.69. The van der Waals surface area contributed by atoms with Gasteiger partial charge in [-0.25, -0.2) is 0 Å². The van der Waals surface area contributed by atoms with Crippen molar-refractivity contribution < 1.29 is 9.90 Å². The maximum atomic E-state index is 11.4. The van der Waals surface area contributed by atoms with E-state index in [1.54, 1.807) is 19.1 Å². The van der Waals surface area contributed by atoms with Crippen LogP contribution in [-0.2, 0) is 0 Å². The summed E-state index contributed by atoms with van der Waals surface area (Å²) < 4.78 is 0.653. The number of alkyl halides is 1. The fourth-order valence-corrected chi connectivity index (χ4v) is 1.53. The molecule has 0 amide bonds. The van der Waals surface area contributed by atoms with Crippen LogP contribution in [0.1, 0.15) is 17.3 Å². The molecule has 1 N–H and O–H groups in total. The maximum Gasteiger partial charge on any atom is 0.180 e. The normalized spacial score (nSPS) is 12.5. The van der Waals surface area contributed by atoms with Gasteiger partial charge in [-0.05, 0) is 47.7 Å². The van der Waals surface area contributed by atoms with E-state index in [9.17, 15) is 9.90 Å². The Morgan fingerprint density at radius 3 is 2.69 bits per heavy atom. The lowest BCUT2D eigenvalue weighted by atomic mass is 10.1. The highest BCUT2D eigenvalue weighted by Gasteiger charge is 2.13. The molecule has 0 radical (unpaired) electrons. The van der Waals surface area contributed by atoms with Crippen LogP contribution in [0.15, 0.2) is 18.2 Å². The highest BCUT2D eigenvalue weighted by molar-refractivity contribution is 14.1. The van der Waals surface area contributed by atoms with Crippen LogP contribution < -0.4 is 0 Å². The number of Topliss-reactive ketones (excluding diaryl/α,β-unsaturated/α-hetero) is 1. The zero-order chi connectivity index (χ0) is 10.0. The summed E-state index contributed by atoms with van der Waals surface area (Å²) in [6.07, 6.45) is 0. The van der Waals surface area contributed by atoms with Gasteiger partial charge >= 0.3 is 0 Å². The van der Waals surface area contributed by atoms with E-state index in [0.29, 0.717) is 9.13 Å². The summed E-state index contributed by atoms with van der Waals surface area (Å²) in [6, 6.07) is 4.68. The molecular weight excluding hydrogens is 302 g/mol. The van der Waals surface area contributed by atoms with Crippen LogP contribution in [0.3, 0.4) is 0 Å². The predicted octanol–water partition coefficient (Wildman–Crippen LogP) is 2.81. The molecule has 0 spiro atoms. The average molecular weight is 311 g/mol. The molecule has 0 saturated heterocycles. The number of rotatable bonds is 2. The molecule has 1 atom stereocenters. The number of hydrogen-bond acceptors (Lipinski definition) is 2. The predicted molar refractivity (Wildman–Crippen MR) is 60.5 cm³/mol. The Kier molecular flexibility index (Phi) is 3.55. The minimum absolute atomic E-state index is 0.125. The molecule has 1 unspecified atom stereocenters. The number of benzene rings is 1. The van der Waals surface area contributed by atoms with Crippen molar-refractivity contribution in [2.45, 2.75) is 12.3 Å². The lowest BCUT2D eigenvalue weighted by Gasteiger charge is -2.03. The van der Waals surface area contributed by atoms with Crippen LogP contribution in [0.2, 0.25) is 0 Å². The SMILES string of the molecule is CC(Cl)C(=O)c1ccc(O)c(I)c1. The molecule has 1 aromatic rings. The number of halogens is 2. The summed E-state index contributed by atoms with van der Waals surface area (Å²) in [6.45, 7) is 1.63. The zero-order valence-corrected chi connectivity index (χ0v) is 9.83. The van der Waals surface area contributed by atoms with E-state index < -0.39 is 5.38 Å². The van der Waals surface area contributed by atoms with E-state index in [0.717, 1.165) is 0 Å². The van der Waals surface area contributed by atoms with Gasteiger partial charge in [-0.15, -0.1) is 11.6 Å². The molecule has 0 heterocycles. The van der Waals surface area contributed by atoms with Crippen LogP contribution in [0.4, 0.5) is 0 Å². The van der Waals surface area contributed by atoms with Gasteiger partial charge < -0.3 is 5.11 Å². The van der Waals surface area contributed by atoms with Gasteiger partial charge in [0, 0.05) is 5.56 Å². The molecule has 2 nitrogen and oxygen atoms in total. The Labute approximate surface area is 95.0 Å². The molecule has 0 aliphatic carbocycles. The molecule has 1 rings (SSSR count). The Morgan fingerprint density at radius 2 is 2.23 bits per heavy atom. The van der Waals surface area contributed by atoms with E-state index in [1.807, 2.05) is 22.6 Å². The van der Waals surface area contributed by atoms with E-state index in [1.165, 1.54) is 6.07 Å². The highest BCUT2D eigenvalue weighted by atomic mass is 127. The van der Waals surface area contributed by atoms with Crippen LogP contribution in [-0.4, -0.2) is 16.3 Å². The summed E-state index contributed by atoms with van der Waals surface area (Å²) in [4.78, 5) is 11.4. The first-order valence-corrected chi connectivity index (χ1v) is 5.20. The quantitative estimate of drug-likeness (QED) is 0.518. The molecule has 0 fully saturated rings. The molecule has 0 aliphatic rings. The van der Waals surface area contributed by atoms with Crippen molar-refractivity contribution in [3.8, 4) is 5.75 Å². The highest BCUT2D eigenvalue weighted by Crippen LogP contribution is 2.21. The Balaban J connectivity index is 3.04. The van der Waals surface area contributed by atoms with E-state index in [4.69, 9.17) is 11.6 Å². The fraction of sp³-hybridized carbons (Fsp3) is 0.222. The van der Waals surface area contributed by atoms with Gasteiger partial charge in [0.15, 0.2) is 5.78 Å². The third-order valence-electron chi connectivity index (χ3n) is 1.59. The Bertz CT molecular complexity index is 336. The monoisotopic (exact) mass is 310 g/mol. The summed E-state index contributed by atoms with van der Waals surface area (Å²) >= 11 is 7.60. The lowest BCUT2D eigenvalue weighted by molar-refractivity contribution is 0.0991. The Morgan fingerprint density at radius 1 is 1.62 bits per heavy atom. The van der Waals surface area contributed by atoms with Crippen molar-refractivity contribution in [3.05, 3.63) is 27.3 Å². The second kappa shape index (κ2) is 4.28. The third kappa shape index (κ3) is 2.57. The molecule has 0 aliphatic heterocycles. The van der Waals surface area contributed by atoms with Gasteiger partial charge in [0.25, 0.3) is 0 Å². The molecule has 1 aromatic carbocycles. The molecule has 13 heavy (non-hydrogen) atoms. The van der Waals surface area contributed by atoms with Gasteiger partial charge in [-0.3, -0.25) is 4.79 Å². The molecule has 0 aromatic heterocycles. The topological polar surface area (TPSA) is 37.3 Å². The Hall–Kier alpha value is -0.290. The molecule has 70 valence electrons. The summed E-state index contributed by atoms with van der Waals surface area (Å²) in [5.41, 5.74) is 0.532. The minimum Gasteiger partial charge on any atom is -0.507 e. The van der Waals surface area contributed by atoms with Crippen molar-refractivity contribution in [2.24, 2.45) is 0 Å². The fourth-order valence-electron chi connectivity index (χ4n) is 0.890. The smallest absolute Gasteiger partial charge is 0.180 e. The van der Waals surface area contributed by atoms with Crippen molar-refractivity contribution in [1.29, 1.82) is 0 Å². The summed E-state index contributed by atoms with van der Waals surface area (Å²) in [5.74, 6) is 0.0546. The largest absolute Gasteiger partial charge is 0.507 e. The van der Waals surface area contributed by atoms with E-state index in [2.05, 4.69) is 0 Å². The van der Waals surface area contributed by atoms with Crippen molar-refractivity contribution in [2.75, 3.05) is 0 Å². The first-order chi connectivity index (χ1) is 6.02. The average Bonchev–Trinajstić information content (AvgIpc) is 2.08. The zero-order valence-electron chi connectivity index (χ0n) is 6.92. The van der Waals surface area contributed by atoms with E-state index in [-0.39, 0.29) is 11.5 Å². The molecular formula is C9H8ClIO2. The number of carbonyl (C=O) groups is 1. The summed E-state index contributed by atoms with van der Waals surface area (Å²) in [7, 11) is 0. The summed E-state index contributed by atoms with van der Waals surface area (Å²) in [5, 5.41) is 8.68. The van der Waals surface area contributed by atoms with Crippen molar-refractivity contribution >= 4 is 40.0 Å². The number of ketones is 1. The van der Waals surface area contributed by atoms with Crippen LogP contribution in [0.5, 0.6) is 5.75 Å². The number of phenols is 1. The van der Waals surface area contributed by atoms with Crippen molar-refractivity contribution in [1.82, 2.24) is 0 Å². The number of carbonyl (C=O) groups excluding carboxylic acids is 1. The molecule has 0 bridgehead atoms. The second-order valence-electron chi connectivity index (χ2n) is 2.65. The van der Waals surface area contributed by atoms with Gasteiger partial charge in [0.05, 0.1) is 8.95 Å². The van der Waals surface area contributed by atoms with Gasteiger partial charge in [-0.2, -0.15) is 0 Å². The number of hydrogen-bond donors (Lipinski definition) is 1. The first kappa shape index (κ1) is 10.8. The van der Waals surface area contributed by atoms with Crippen molar-refractivity contribution in [3.63, 3.8) is 0 Å². The van der Waals surface area contributed by atoms with Crippen LogP contribution in [0, 0.1) is 3.57 Å². The lowest BCUT2D eigenvalue weighted by Crippen LogP contribution is -2.10. The molecule has 0 saturated carbocycles. The standard InChI is InChI=1S/C9H8ClIO2/c1-5(10)9(13)6-2-3-8(12)7(11)4-6/h2-5,12H,1H3. The maximum absolute atomic E-state index is 11.4. The van der Waals surface area contributed by atoms with E-state index >= 15 is 0 Å². The van der Waals surface area contributed by atoms with Crippen LogP contribution >= 0.6 is 34.2 Å². The molecule has 4 heteroatoms. The van der Waals surface area contributed by atoms with Gasteiger partial charge in [0.1, 0.15) is 5.75 Å². The van der Waals surface area contributed by atoms with Gasteiger partial charge in [-0.1, -0.05) is 0 Å². The van der Waals surface area contributed by atoms with Gasteiger partial charge in [0.2, 0.25) is 0 Å². The number of aromatic hydroxyl groups is 1.